The van der Waals surface area contributed by atoms with Gasteiger partial charge in [-0.05, 0) is 31.6 Å². The monoisotopic (exact) mass is 224 g/mol. The van der Waals surface area contributed by atoms with Gasteiger partial charge in [-0.1, -0.05) is 5.92 Å². The Morgan fingerprint density at radius 3 is 2.88 bits per heavy atom. The summed E-state index contributed by atoms with van der Waals surface area (Å²) in [6, 6.07) is 0.224. The van der Waals surface area contributed by atoms with Gasteiger partial charge in [-0.15, -0.1) is 6.42 Å². The van der Waals surface area contributed by atoms with Crippen LogP contribution in [-0.4, -0.2) is 44.3 Å². The first kappa shape index (κ1) is 13.5. The van der Waals surface area contributed by atoms with Crippen LogP contribution in [0, 0.1) is 18.3 Å². The van der Waals surface area contributed by atoms with Crippen LogP contribution in [0.1, 0.15) is 25.7 Å². The highest BCUT2D eigenvalue weighted by Gasteiger charge is 2.24. The molecule has 1 atom stereocenters. The van der Waals surface area contributed by atoms with Gasteiger partial charge in [0.05, 0.1) is 6.54 Å². The maximum absolute atomic E-state index is 6.08. The molecule has 0 aromatic carbocycles. The molecule has 3 heteroatoms. The molecule has 0 saturated heterocycles. The van der Waals surface area contributed by atoms with Crippen molar-refractivity contribution in [3.8, 4) is 12.3 Å². The summed E-state index contributed by atoms with van der Waals surface area (Å²) in [5.41, 5.74) is 6.08. The largest absolute Gasteiger partial charge is 0.385 e. The molecule has 1 aliphatic rings. The Kier molecular flexibility index (Phi) is 6.47. The van der Waals surface area contributed by atoms with E-state index >= 15 is 0 Å². The van der Waals surface area contributed by atoms with E-state index in [-0.39, 0.29) is 6.04 Å². The number of hydrogen-bond acceptors (Lipinski definition) is 3. The summed E-state index contributed by atoms with van der Waals surface area (Å²) in [5.74, 6) is 3.59. The van der Waals surface area contributed by atoms with Gasteiger partial charge < -0.3 is 10.5 Å². The van der Waals surface area contributed by atoms with Crippen molar-refractivity contribution in [2.45, 2.75) is 31.7 Å². The van der Waals surface area contributed by atoms with Crippen molar-refractivity contribution in [1.82, 2.24) is 4.90 Å². The summed E-state index contributed by atoms with van der Waals surface area (Å²) in [7, 11) is 1.73. The molecule has 0 aromatic rings. The minimum atomic E-state index is 0.224. The second-order valence-corrected chi connectivity index (χ2v) is 4.74. The number of hydrogen-bond donors (Lipinski definition) is 1. The summed E-state index contributed by atoms with van der Waals surface area (Å²) in [5, 5.41) is 0. The quantitative estimate of drug-likeness (QED) is 0.470. The molecular weight excluding hydrogens is 200 g/mol. The lowest BCUT2D eigenvalue weighted by Gasteiger charge is -2.23. The van der Waals surface area contributed by atoms with E-state index in [1.165, 1.54) is 12.8 Å². The molecule has 0 heterocycles. The average molecular weight is 224 g/mol. The standard InChI is InChI=1S/C13H24N2O/c1-3-8-15(10-12-6-7-12)11-13(14)5-4-9-16-2/h1,12-13H,4-11,14H2,2H3. The average Bonchev–Trinajstić information content (AvgIpc) is 3.02. The molecule has 0 radical (unpaired) electrons. The first-order valence-electron chi connectivity index (χ1n) is 6.16. The van der Waals surface area contributed by atoms with Gasteiger partial charge in [0.15, 0.2) is 0 Å². The predicted octanol–water partition coefficient (Wildman–Crippen LogP) is 1.09. The van der Waals surface area contributed by atoms with Crippen LogP contribution in [0.3, 0.4) is 0 Å². The Labute approximate surface area is 99.3 Å². The third-order valence-electron chi connectivity index (χ3n) is 2.94. The number of rotatable bonds is 9. The smallest absolute Gasteiger partial charge is 0.0599 e. The Bertz CT molecular complexity index is 220. The van der Waals surface area contributed by atoms with Gasteiger partial charge in [0.2, 0.25) is 0 Å². The summed E-state index contributed by atoms with van der Waals surface area (Å²) in [4.78, 5) is 2.31. The molecule has 1 rings (SSSR count). The van der Waals surface area contributed by atoms with Crippen molar-refractivity contribution >= 4 is 0 Å². The van der Waals surface area contributed by atoms with E-state index in [0.717, 1.165) is 45.0 Å². The molecular formula is C13H24N2O. The third kappa shape index (κ3) is 6.12. The fourth-order valence-corrected chi connectivity index (χ4v) is 1.91. The zero-order valence-electron chi connectivity index (χ0n) is 10.3. The SMILES string of the molecule is C#CCN(CC(N)CCCOC)CC1CC1. The lowest BCUT2D eigenvalue weighted by atomic mass is 10.1. The van der Waals surface area contributed by atoms with Crippen LogP contribution in [0.4, 0.5) is 0 Å². The van der Waals surface area contributed by atoms with Crippen molar-refractivity contribution in [2.75, 3.05) is 33.4 Å². The van der Waals surface area contributed by atoms with Crippen LogP contribution in [0.15, 0.2) is 0 Å². The van der Waals surface area contributed by atoms with Crippen molar-refractivity contribution in [2.24, 2.45) is 11.7 Å². The minimum absolute atomic E-state index is 0.224. The maximum atomic E-state index is 6.08. The highest BCUT2D eigenvalue weighted by Crippen LogP contribution is 2.29. The van der Waals surface area contributed by atoms with Crippen LogP contribution in [-0.2, 0) is 4.74 Å². The van der Waals surface area contributed by atoms with E-state index in [2.05, 4.69) is 10.8 Å². The van der Waals surface area contributed by atoms with Gasteiger partial charge in [-0.3, -0.25) is 4.90 Å². The van der Waals surface area contributed by atoms with Crippen LogP contribution in [0.2, 0.25) is 0 Å². The second kappa shape index (κ2) is 7.67. The van der Waals surface area contributed by atoms with Gasteiger partial charge in [0.1, 0.15) is 0 Å². The molecule has 2 N–H and O–H groups in total. The Hall–Kier alpha value is -0.560. The van der Waals surface area contributed by atoms with E-state index in [4.69, 9.17) is 16.9 Å². The summed E-state index contributed by atoms with van der Waals surface area (Å²) in [6.07, 6.45) is 10.1. The van der Waals surface area contributed by atoms with E-state index in [1.807, 2.05) is 0 Å². The molecule has 0 aliphatic heterocycles. The molecule has 1 aliphatic carbocycles. The molecule has 1 unspecified atom stereocenters. The van der Waals surface area contributed by atoms with Crippen molar-refractivity contribution in [3.05, 3.63) is 0 Å². The molecule has 0 aromatic heterocycles. The van der Waals surface area contributed by atoms with Crippen LogP contribution in [0.5, 0.6) is 0 Å². The molecule has 1 saturated carbocycles. The van der Waals surface area contributed by atoms with Crippen molar-refractivity contribution in [3.63, 3.8) is 0 Å². The number of terminal acetylenes is 1. The second-order valence-electron chi connectivity index (χ2n) is 4.74. The third-order valence-corrected chi connectivity index (χ3v) is 2.94. The predicted molar refractivity (Wildman–Crippen MR) is 67.1 cm³/mol. The minimum Gasteiger partial charge on any atom is -0.385 e. The normalized spacial score (nSPS) is 17.4. The molecule has 0 spiro atoms. The van der Waals surface area contributed by atoms with E-state index in [1.54, 1.807) is 7.11 Å². The van der Waals surface area contributed by atoms with Gasteiger partial charge in [0, 0.05) is 32.8 Å². The Morgan fingerprint density at radius 2 is 2.31 bits per heavy atom. The van der Waals surface area contributed by atoms with Crippen molar-refractivity contribution in [1.29, 1.82) is 0 Å². The van der Waals surface area contributed by atoms with E-state index in [0.29, 0.717) is 0 Å². The highest BCUT2D eigenvalue weighted by molar-refractivity contribution is 4.91. The number of nitrogens with zero attached hydrogens (tertiary/aromatic N) is 1. The topological polar surface area (TPSA) is 38.5 Å². The summed E-state index contributed by atoms with van der Waals surface area (Å²) in [6.45, 7) is 3.58. The van der Waals surface area contributed by atoms with Crippen LogP contribution in [0.25, 0.3) is 0 Å². The summed E-state index contributed by atoms with van der Waals surface area (Å²) >= 11 is 0. The molecule has 0 bridgehead atoms. The molecule has 0 amide bonds. The zero-order chi connectivity index (χ0) is 11.8. The first-order chi connectivity index (χ1) is 7.76. The Morgan fingerprint density at radius 1 is 1.56 bits per heavy atom. The Balaban J connectivity index is 2.15. The van der Waals surface area contributed by atoms with E-state index in [9.17, 15) is 0 Å². The maximum Gasteiger partial charge on any atom is 0.0599 e. The van der Waals surface area contributed by atoms with Crippen molar-refractivity contribution < 1.29 is 4.74 Å². The molecule has 92 valence electrons. The van der Waals surface area contributed by atoms with Gasteiger partial charge >= 0.3 is 0 Å². The molecule has 1 fully saturated rings. The summed E-state index contributed by atoms with van der Waals surface area (Å²) < 4.78 is 5.02. The van der Waals surface area contributed by atoms with Crippen LogP contribution >= 0.6 is 0 Å². The van der Waals surface area contributed by atoms with Gasteiger partial charge in [0.25, 0.3) is 0 Å². The lowest BCUT2D eigenvalue weighted by Crippen LogP contribution is -2.39. The van der Waals surface area contributed by atoms with E-state index < -0.39 is 0 Å². The van der Waals surface area contributed by atoms with Gasteiger partial charge in [-0.25, -0.2) is 0 Å². The highest BCUT2D eigenvalue weighted by atomic mass is 16.5. The number of nitrogens with two attached hydrogens (primary N) is 1. The first-order valence-corrected chi connectivity index (χ1v) is 6.16. The fraction of sp³-hybridized carbons (Fsp3) is 0.846. The zero-order valence-corrected chi connectivity index (χ0v) is 10.3. The number of methoxy groups -OCH3 is 1. The van der Waals surface area contributed by atoms with Crippen LogP contribution < -0.4 is 5.73 Å². The fourth-order valence-electron chi connectivity index (χ4n) is 1.91. The molecule has 3 nitrogen and oxygen atoms in total. The van der Waals surface area contributed by atoms with Gasteiger partial charge in [-0.2, -0.15) is 0 Å². The lowest BCUT2D eigenvalue weighted by molar-refractivity contribution is 0.186. The number of ether oxygens (including phenoxy) is 1. The molecule has 16 heavy (non-hydrogen) atoms.